The van der Waals surface area contributed by atoms with Gasteiger partial charge in [0.25, 0.3) is 0 Å². The summed E-state index contributed by atoms with van der Waals surface area (Å²) in [5, 5.41) is 0. The van der Waals surface area contributed by atoms with Crippen molar-refractivity contribution in [1.82, 2.24) is 9.80 Å². The highest BCUT2D eigenvalue weighted by atomic mass is 19.1. The minimum absolute atomic E-state index is 0.133. The summed E-state index contributed by atoms with van der Waals surface area (Å²) >= 11 is 0. The fourth-order valence-electron chi connectivity index (χ4n) is 3.51. The third-order valence-electron chi connectivity index (χ3n) is 4.99. The number of aldehydes is 1. The van der Waals surface area contributed by atoms with Crippen LogP contribution in [0.15, 0.2) is 18.2 Å². The lowest BCUT2D eigenvalue weighted by molar-refractivity contribution is 0.111. The van der Waals surface area contributed by atoms with Crippen molar-refractivity contribution in [3.05, 3.63) is 29.6 Å². The first kappa shape index (κ1) is 15.4. The molecule has 1 aromatic carbocycles. The molecule has 0 bridgehead atoms. The standard InChI is InChI=1S/C17H24FN3O/c1-19-6-4-15(5-7-19)20-8-10-21(11-9-20)16-3-2-14(13-22)17(18)12-16/h2-3,12-13,15H,4-11H2,1H3. The van der Waals surface area contributed by atoms with Gasteiger partial charge in [0.15, 0.2) is 6.29 Å². The lowest BCUT2D eigenvalue weighted by atomic mass is 10.0. The molecule has 2 heterocycles. The van der Waals surface area contributed by atoms with E-state index in [1.807, 2.05) is 6.07 Å². The summed E-state index contributed by atoms with van der Waals surface area (Å²) in [6.07, 6.45) is 3.06. The first-order chi connectivity index (χ1) is 10.7. The molecule has 0 radical (unpaired) electrons. The van der Waals surface area contributed by atoms with Crippen molar-refractivity contribution < 1.29 is 9.18 Å². The normalized spacial score (nSPS) is 22.0. The Hall–Kier alpha value is -1.46. The van der Waals surface area contributed by atoms with Gasteiger partial charge in [-0.1, -0.05) is 0 Å². The molecule has 0 aliphatic carbocycles. The van der Waals surface area contributed by atoms with Crippen LogP contribution in [0.5, 0.6) is 0 Å². The number of piperidine rings is 1. The van der Waals surface area contributed by atoms with Crippen LogP contribution in [0.3, 0.4) is 0 Å². The molecule has 0 amide bonds. The lowest BCUT2D eigenvalue weighted by Crippen LogP contribution is -2.53. The second kappa shape index (κ2) is 6.75. The molecule has 0 aromatic heterocycles. The van der Waals surface area contributed by atoms with Crippen LogP contribution >= 0.6 is 0 Å². The van der Waals surface area contributed by atoms with E-state index in [0.717, 1.165) is 31.9 Å². The van der Waals surface area contributed by atoms with Gasteiger partial charge in [-0.2, -0.15) is 0 Å². The van der Waals surface area contributed by atoms with Gasteiger partial charge in [0, 0.05) is 37.9 Å². The monoisotopic (exact) mass is 305 g/mol. The predicted molar refractivity (Wildman–Crippen MR) is 86.1 cm³/mol. The van der Waals surface area contributed by atoms with E-state index in [4.69, 9.17) is 0 Å². The minimum Gasteiger partial charge on any atom is -0.369 e. The summed E-state index contributed by atoms with van der Waals surface area (Å²) in [7, 11) is 2.19. The van der Waals surface area contributed by atoms with Crippen molar-refractivity contribution in [3.8, 4) is 0 Å². The smallest absolute Gasteiger partial charge is 0.152 e. The predicted octanol–water partition coefficient (Wildman–Crippen LogP) is 1.85. The van der Waals surface area contributed by atoms with E-state index in [2.05, 4.69) is 21.7 Å². The summed E-state index contributed by atoms with van der Waals surface area (Å²) in [6.45, 7) is 6.28. The molecule has 2 saturated heterocycles. The molecule has 1 aromatic rings. The fraction of sp³-hybridized carbons (Fsp3) is 0.588. The van der Waals surface area contributed by atoms with Crippen molar-refractivity contribution in [1.29, 1.82) is 0 Å². The zero-order chi connectivity index (χ0) is 15.5. The highest BCUT2D eigenvalue weighted by molar-refractivity contribution is 5.76. The quantitative estimate of drug-likeness (QED) is 0.797. The summed E-state index contributed by atoms with van der Waals surface area (Å²) in [5.41, 5.74) is 1.01. The van der Waals surface area contributed by atoms with Crippen molar-refractivity contribution in [2.45, 2.75) is 18.9 Å². The third-order valence-corrected chi connectivity index (χ3v) is 4.99. The first-order valence-corrected chi connectivity index (χ1v) is 8.09. The number of rotatable bonds is 3. The van der Waals surface area contributed by atoms with Gasteiger partial charge in [0.2, 0.25) is 0 Å². The maximum atomic E-state index is 13.7. The Morgan fingerprint density at radius 2 is 1.77 bits per heavy atom. The number of nitrogens with zero attached hydrogens (tertiary/aromatic N) is 3. The highest BCUT2D eigenvalue weighted by Gasteiger charge is 2.26. The van der Waals surface area contributed by atoms with Crippen molar-refractivity contribution in [2.24, 2.45) is 0 Å². The number of halogens is 1. The van der Waals surface area contributed by atoms with Crippen molar-refractivity contribution in [3.63, 3.8) is 0 Å². The van der Waals surface area contributed by atoms with Crippen LogP contribution in [-0.4, -0.2) is 68.4 Å². The summed E-state index contributed by atoms with van der Waals surface area (Å²) in [4.78, 5) is 17.9. The van der Waals surface area contributed by atoms with E-state index in [1.165, 1.54) is 32.0 Å². The third kappa shape index (κ3) is 3.31. The maximum Gasteiger partial charge on any atom is 0.152 e. The molecule has 0 atom stereocenters. The highest BCUT2D eigenvalue weighted by Crippen LogP contribution is 2.22. The van der Waals surface area contributed by atoms with E-state index in [0.29, 0.717) is 12.3 Å². The second-order valence-corrected chi connectivity index (χ2v) is 6.38. The van der Waals surface area contributed by atoms with Crippen LogP contribution in [0.25, 0.3) is 0 Å². The average Bonchev–Trinajstić information content (AvgIpc) is 2.56. The average molecular weight is 305 g/mol. The van der Waals surface area contributed by atoms with Crippen LogP contribution in [0, 0.1) is 5.82 Å². The lowest BCUT2D eigenvalue weighted by Gasteiger charge is -2.42. The van der Waals surface area contributed by atoms with E-state index in [-0.39, 0.29) is 5.56 Å². The zero-order valence-corrected chi connectivity index (χ0v) is 13.2. The number of hydrogen-bond donors (Lipinski definition) is 0. The van der Waals surface area contributed by atoms with Crippen LogP contribution < -0.4 is 4.90 Å². The van der Waals surface area contributed by atoms with Crippen LogP contribution in [0.1, 0.15) is 23.2 Å². The summed E-state index contributed by atoms with van der Waals surface area (Å²) < 4.78 is 13.7. The largest absolute Gasteiger partial charge is 0.369 e. The topological polar surface area (TPSA) is 26.8 Å². The molecule has 0 unspecified atom stereocenters. The molecule has 2 aliphatic heterocycles. The van der Waals surface area contributed by atoms with Gasteiger partial charge in [-0.15, -0.1) is 0 Å². The molecular formula is C17H24FN3O. The second-order valence-electron chi connectivity index (χ2n) is 6.38. The molecule has 2 aliphatic rings. The van der Waals surface area contributed by atoms with Gasteiger partial charge in [-0.25, -0.2) is 4.39 Å². The van der Waals surface area contributed by atoms with Gasteiger partial charge >= 0.3 is 0 Å². The van der Waals surface area contributed by atoms with E-state index >= 15 is 0 Å². The number of carbonyl (C=O) groups excluding carboxylic acids is 1. The Kier molecular flexibility index (Phi) is 4.74. The number of anilines is 1. The molecule has 3 rings (SSSR count). The zero-order valence-electron chi connectivity index (χ0n) is 13.2. The molecule has 0 spiro atoms. The Labute approximate surface area is 131 Å². The molecule has 0 N–H and O–H groups in total. The van der Waals surface area contributed by atoms with Gasteiger partial charge in [-0.3, -0.25) is 9.69 Å². The SMILES string of the molecule is CN1CCC(N2CCN(c3ccc(C=O)c(F)c3)CC2)CC1. The van der Waals surface area contributed by atoms with Gasteiger partial charge in [0.1, 0.15) is 5.82 Å². The number of hydrogen-bond acceptors (Lipinski definition) is 4. The first-order valence-electron chi connectivity index (χ1n) is 8.09. The van der Waals surface area contributed by atoms with Crippen molar-refractivity contribution in [2.75, 3.05) is 51.2 Å². The molecular weight excluding hydrogens is 281 g/mol. The Bertz CT molecular complexity index is 521. The van der Waals surface area contributed by atoms with Crippen LogP contribution in [-0.2, 0) is 0 Å². The number of carbonyl (C=O) groups is 1. The molecule has 5 heteroatoms. The molecule has 0 saturated carbocycles. The Morgan fingerprint density at radius 3 is 2.36 bits per heavy atom. The summed E-state index contributed by atoms with van der Waals surface area (Å²) in [6, 6.07) is 5.60. The number of likely N-dealkylation sites (tertiary alicyclic amines) is 1. The Morgan fingerprint density at radius 1 is 1.09 bits per heavy atom. The van der Waals surface area contributed by atoms with Gasteiger partial charge in [-0.05, 0) is 51.2 Å². The number of benzene rings is 1. The fourth-order valence-corrected chi connectivity index (χ4v) is 3.51. The van der Waals surface area contributed by atoms with Crippen molar-refractivity contribution >= 4 is 12.0 Å². The van der Waals surface area contributed by atoms with Gasteiger partial charge in [0.05, 0.1) is 5.56 Å². The Balaban J connectivity index is 1.57. The van der Waals surface area contributed by atoms with Crippen LogP contribution in [0.4, 0.5) is 10.1 Å². The van der Waals surface area contributed by atoms with E-state index in [1.54, 1.807) is 6.07 Å². The van der Waals surface area contributed by atoms with Crippen LogP contribution in [0.2, 0.25) is 0 Å². The minimum atomic E-state index is -0.426. The molecule has 120 valence electrons. The molecule has 4 nitrogen and oxygen atoms in total. The molecule has 22 heavy (non-hydrogen) atoms. The van der Waals surface area contributed by atoms with Gasteiger partial charge < -0.3 is 9.80 Å². The number of piperazine rings is 1. The molecule has 2 fully saturated rings. The maximum absolute atomic E-state index is 13.7. The summed E-state index contributed by atoms with van der Waals surface area (Å²) in [5.74, 6) is -0.426. The van der Waals surface area contributed by atoms with E-state index in [9.17, 15) is 9.18 Å². The van der Waals surface area contributed by atoms with E-state index < -0.39 is 5.82 Å².